The molecule has 1 saturated carbocycles. The van der Waals surface area contributed by atoms with E-state index in [4.69, 9.17) is 0 Å². The Kier molecular flexibility index (Phi) is 6.26. The third-order valence-electron chi connectivity index (χ3n) is 3.80. The van der Waals surface area contributed by atoms with Gasteiger partial charge in [0, 0.05) is 12.6 Å². The molecule has 0 aromatic carbocycles. The summed E-state index contributed by atoms with van der Waals surface area (Å²) in [6.07, 6.45) is 7.05. The lowest BCUT2D eigenvalue weighted by Crippen LogP contribution is -2.39. The molecule has 2 nitrogen and oxygen atoms in total. The van der Waals surface area contributed by atoms with Gasteiger partial charge in [-0.15, -0.1) is 0 Å². The van der Waals surface area contributed by atoms with Crippen molar-refractivity contribution >= 4 is 0 Å². The Morgan fingerprint density at radius 1 is 1.40 bits per heavy atom. The molecule has 1 rings (SSSR count). The SMILES string of the molecule is CCN(CC1CCC1)C(C)CCCNC. The summed E-state index contributed by atoms with van der Waals surface area (Å²) in [7, 11) is 2.04. The molecule has 1 aliphatic carbocycles. The molecule has 15 heavy (non-hydrogen) atoms. The standard InChI is InChI=1S/C13H28N2/c1-4-15(11-13-8-5-9-13)12(2)7-6-10-14-3/h12-14H,4-11H2,1-3H3. The monoisotopic (exact) mass is 212 g/mol. The highest BCUT2D eigenvalue weighted by atomic mass is 15.1. The predicted molar refractivity (Wildman–Crippen MR) is 67.2 cm³/mol. The highest BCUT2D eigenvalue weighted by molar-refractivity contribution is 4.76. The summed E-state index contributed by atoms with van der Waals surface area (Å²) < 4.78 is 0. The summed E-state index contributed by atoms with van der Waals surface area (Å²) in [4.78, 5) is 2.67. The Morgan fingerprint density at radius 2 is 2.13 bits per heavy atom. The number of rotatable bonds is 8. The molecule has 1 fully saturated rings. The van der Waals surface area contributed by atoms with Crippen LogP contribution in [-0.4, -0.2) is 37.6 Å². The van der Waals surface area contributed by atoms with Gasteiger partial charge >= 0.3 is 0 Å². The van der Waals surface area contributed by atoms with Crippen LogP contribution < -0.4 is 5.32 Å². The predicted octanol–water partition coefficient (Wildman–Crippen LogP) is 2.50. The average Bonchev–Trinajstić information content (AvgIpc) is 2.16. The average molecular weight is 212 g/mol. The number of hydrogen-bond donors (Lipinski definition) is 1. The summed E-state index contributed by atoms with van der Waals surface area (Å²) in [5.41, 5.74) is 0. The number of hydrogen-bond acceptors (Lipinski definition) is 2. The third kappa shape index (κ3) is 4.52. The lowest BCUT2D eigenvalue weighted by molar-refractivity contribution is 0.140. The molecule has 1 atom stereocenters. The van der Waals surface area contributed by atoms with Crippen LogP contribution in [0.2, 0.25) is 0 Å². The molecule has 2 heteroatoms. The summed E-state index contributed by atoms with van der Waals surface area (Å²) in [5.74, 6) is 1.01. The van der Waals surface area contributed by atoms with Crippen LogP contribution >= 0.6 is 0 Å². The van der Waals surface area contributed by atoms with Crippen molar-refractivity contribution in [1.29, 1.82) is 0 Å². The zero-order valence-electron chi connectivity index (χ0n) is 10.8. The van der Waals surface area contributed by atoms with Crippen molar-refractivity contribution in [2.24, 2.45) is 5.92 Å². The Morgan fingerprint density at radius 3 is 2.60 bits per heavy atom. The van der Waals surface area contributed by atoms with Crippen molar-refractivity contribution in [1.82, 2.24) is 10.2 Å². The van der Waals surface area contributed by atoms with Crippen molar-refractivity contribution in [3.05, 3.63) is 0 Å². The van der Waals surface area contributed by atoms with Gasteiger partial charge in [-0.25, -0.2) is 0 Å². The van der Waals surface area contributed by atoms with E-state index in [2.05, 4.69) is 24.1 Å². The lowest BCUT2D eigenvalue weighted by atomic mass is 9.85. The second kappa shape index (κ2) is 7.24. The normalized spacial score (nSPS) is 19.2. The topological polar surface area (TPSA) is 15.3 Å². The smallest absolute Gasteiger partial charge is 0.00674 e. The molecule has 0 amide bonds. The minimum Gasteiger partial charge on any atom is -0.320 e. The van der Waals surface area contributed by atoms with Crippen LogP contribution in [0.25, 0.3) is 0 Å². The van der Waals surface area contributed by atoms with Gasteiger partial charge in [0.1, 0.15) is 0 Å². The molecule has 0 heterocycles. The molecular weight excluding hydrogens is 184 g/mol. The van der Waals surface area contributed by atoms with E-state index in [9.17, 15) is 0 Å². The van der Waals surface area contributed by atoms with Crippen LogP contribution in [0, 0.1) is 5.92 Å². The van der Waals surface area contributed by atoms with Gasteiger partial charge in [0.15, 0.2) is 0 Å². The highest BCUT2D eigenvalue weighted by Crippen LogP contribution is 2.27. The first-order valence-corrected chi connectivity index (χ1v) is 6.66. The van der Waals surface area contributed by atoms with Gasteiger partial charge in [0.05, 0.1) is 0 Å². The fourth-order valence-corrected chi connectivity index (χ4v) is 2.38. The Labute approximate surface area is 95.4 Å². The zero-order chi connectivity index (χ0) is 11.1. The van der Waals surface area contributed by atoms with Gasteiger partial charge in [0.2, 0.25) is 0 Å². The maximum absolute atomic E-state index is 3.22. The fourth-order valence-electron chi connectivity index (χ4n) is 2.38. The van der Waals surface area contributed by atoms with E-state index in [1.807, 2.05) is 7.05 Å². The van der Waals surface area contributed by atoms with Gasteiger partial charge < -0.3 is 10.2 Å². The molecule has 1 N–H and O–H groups in total. The minimum absolute atomic E-state index is 0.768. The van der Waals surface area contributed by atoms with E-state index in [0.29, 0.717) is 0 Å². The maximum Gasteiger partial charge on any atom is 0.00674 e. The van der Waals surface area contributed by atoms with Crippen LogP contribution in [0.4, 0.5) is 0 Å². The molecule has 0 aromatic rings. The maximum atomic E-state index is 3.22. The zero-order valence-corrected chi connectivity index (χ0v) is 10.8. The summed E-state index contributed by atoms with van der Waals surface area (Å²) in [6.45, 7) is 8.41. The van der Waals surface area contributed by atoms with Gasteiger partial charge in [-0.1, -0.05) is 13.3 Å². The van der Waals surface area contributed by atoms with Crippen LogP contribution in [0.5, 0.6) is 0 Å². The second-order valence-electron chi connectivity index (χ2n) is 4.98. The molecule has 0 radical (unpaired) electrons. The molecular formula is C13H28N2. The van der Waals surface area contributed by atoms with Crippen molar-refractivity contribution < 1.29 is 0 Å². The molecule has 0 bridgehead atoms. The summed E-state index contributed by atoms with van der Waals surface area (Å²) in [6, 6.07) is 0.768. The first-order valence-electron chi connectivity index (χ1n) is 6.66. The van der Waals surface area contributed by atoms with E-state index in [1.165, 1.54) is 45.2 Å². The van der Waals surface area contributed by atoms with E-state index in [0.717, 1.165) is 18.5 Å². The van der Waals surface area contributed by atoms with E-state index in [1.54, 1.807) is 0 Å². The van der Waals surface area contributed by atoms with Crippen LogP contribution in [0.15, 0.2) is 0 Å². The second-order valence-corrected chi connectivity index (χ2v) is 4.98. The number of nitrogens with one attached hydrogen (secondary N) is 1. The molecule has 0 aromatic heterocycles. The third-order valence-corrected chi connectivity index (χ3v) is 3.80. The van der Waals surface area contributed by atoms with Gasteiger partial charge in [-0.05, 0) is 58.7 Å². The quantitative estimate of drug-likeness (QED) is 0.622. The van der Waals surface area contributed by atoms with E-state index >= 15 is 0 Å². The summed E-state index contributed by atoms with van der Waals surface area (Å²) in [5, 5.41) is 3.22. The van der Waals surface area contributed by atoms with E-state index in [-0.39, 0.29) is 0 Å². The largest absolute Gasteiger partial charge is 0.320 e. The first-order chi connectivity index (χ1) is 7.27. The summed E-state index contributed by atoms with van der Waals surface area (Å²) >= 11 is 0. The fraction of sp³-hybridized carbons (Fsp3) is 1.00. The minimum atomic E-state index is 0.768. The Balaban J connectivity index is 2.16. The molecule has 1 unspecified atom stereocenters. The van der Waals surface area contributed by atoms with Crippen LogP contribution in [0.3, 0.4) is 0 Å². The van der Waals surface area contributed by atoms with Crippen LogP contribution in [0.1, 0.15) is 46.0 Å². The van der Waals surface area contributed by atoms with Crippen molar-refractivity contribution in [3.8, 4) is 0 Å². The van der Waals surface area contributed by atoms with Crippen molar-refractivity contribution in [2.45, 2.75) is 52.0 Å². The Bertz CT molecular complexity index is 155. The molecule has 0 aliphatic heterocycles. The lowest BCUT2D eigenvalue weighted by Gasteiger charge is -2.35. The Hall–Kier alpha value is -0.0800. The molecule has 0 saturated heterocycles. The molecule has 0 spiro atoms. The highest BCUT2D eigenvalue weighted by Gasteiger charge is 2.22. The van der Waals surface area contributed by atoms with Crippen molar-refractivity contribution in [2.75, 3.05) is 26.7 Å². The number of nitrogens with zero attached hydrogens (tertiary/aromatic N) is 1. The van der Waals surface area contributed by atoms with E-state index < -0.39 is 0 Å². The van der Waals surface area contributed by atoms with Gasteiger partial charge in [-0.2, -0.15) is 0 Å². The van der Waals surface area contributed by atoms with Gasteiger partial charge in [-0.3, -0.25) is 0 Å². The van der Waals surface area contributed by atoms with Crippen molar-refractivity contribution in [3.63, 3.8) is 0 Å². The van der Waals surface area contributed by atoms with Crippen LogP contribution in [-0.2, 0) is 0 Å². The first kappa shape index (κ1) is 13.0. The molecule has 90 valence electrons. The van der Waals surface area contributed by atoms with Gasteiger partial charge in [0.25, 0.3) is 0 Å². The molecule has 1 aliphatic rings.